The lowest BCUT2D eigenvalue weighted by Crippen LogP contribution is -2.48. The van der Waals surface area contributed by atoms with Crippen molar-refractivity contribution in [3.63, 3.8) is 0 Å². The van der Waals surface area contributed by atoms with E-state index in [1.54, 1.807) is 0 Å². The molecule has 1 aliphatic rings. The maximum absolute atomic E-state index is 3.72. The Balaban J connectivity index is 2.32. The van der Waals surface area contributed by atoms with E-state index >= 15 is 0 Å². The second-order valence-corrected chi connectivity index (χ2v) is 5.60. The molecule has 0 saturated carbocycles. The zero-order valence-corrected chi connectivity index (χ0v) is 11.0. The molecule has 1 N–H and O–H groups in total. The van der Waals surface area contributed by atoms with E-state index in [1.807, 2.05) is 0 Å². The number of piperidine rings is 1. The van der Waals surface area contributed by atoms with Crippen LogP contribution in [-0.2, 0) is 5.54 Å². The summed E-state index contributed by atoms with van der Waals surface area (Å²) >= 11 is 3.65. The van der Waals surface area contributed by atoms with Crippen molar-refractivity contribution in [2.75, 3.05) is 0 Å². The summed E-state index contributed by atoms with van der Waals surface area (Å²) in [6.45, 7) is 4.58. The second kappa shape index (κ2) is 4.26. The molecule has 1 saturated heterocycles. The Kier molecular flexibility index (Phi) is 3.17. The highest BCUT2D eigenvalue weighted by Gasteiger charge is 2.32. The van der Waals surface area contributed by atoms with Gasteiger partial charge in [-0.05, 0) is 44.7 Å². The van der Waals surface area contributed by atoms with Crippen LogP contribution in [-0.4, -0.2) is 6.04 Å². The van der Waals surface area contributed by atoms with Crippen LogP contribution in [0.15, 0.2) is 28.7 Å². The fourth-order valence-electron chi connectivity index (χ4n) is 2.57. The third-order valence-corrected chi connectivity index (χ3v) is 4.04. The maximum Gasteiger partial charge on any atom is 0.0419 e. The van der Waals surface area contributed by atoms with Crippen molar-refractivity contribution in [3.8, 4) is 0 Å². The van der Waals surface area contributed by atoms with Crippen LogP contribution in [0.1, 0.15) is 38.7 Å². The highest BCUT2D eigenvalue weighted by atomic mass is 79.9. The number of halogens is 1. The topological polar surface area (TPSA) is 12.0 Å². The molecule has 1 fully saturated rings. The Bertz CT molecular complexity index is 350. The summed E-state index contributed by atoms with van der Waals surface area (Å²) in [4.78, 5) is 0. The van der Waals surface area contributed by atoms with Crippen LogP contribution in [0.5, 0.6) is 0 Å². The summed E-state index contributed by atoms with van der Waals surface area (Å²) in [5, 5.41) is 3.72. The highest BCUT2D eigenvalue weighted by molar-refractivity contribution is 9.10. The van der Waals surface area contributed by atoms with Crippen molar-refractivity contribution in [3.05, 3.63) is 34.3 Å². The third kappa shape index (κ3) is 2.26. The van der Waals surface area contributed by atoms with Crippen molar-refractivity contribution in [1.82, 2.24) is 5.32 Å². The molecule has 2 heteroatoms. The van der Waals surface area contributed by atoms with Gasteiger partial charge in [-0.15, -0.1) is 0 Å². The Morgan fingerprint density at radius 3 is 2.80 bits per heavy atom. The average Bonchev–Trinajstić information content (AvgIpc) is 2.17. The van der Waals surface area contributed by atoms with Crippen molar-refractivity contribution in [1.29, 1.82) is 0 Å². The maximum atomic E-state index is 3.72. The molecule has 1 aromatic rings. The van der Waals surface area contributed by atoms with Crippen LogP contribution in [0.3, 0.4) is 0 Å². The lowest BCUT2D eigenvalue weighted by molar-refractivity contribution is 0.235. The first-order chi connectivity index (χ1) is 7.12. The summed E-state index contributed by atoms with van der Waals surface area (Å²) in [5.41, 5.74) is 1.52. The van der Waals surface area contributed by atoms with E-state index in [0.29, 0.717) is 6.04 Å². The average molecular weight is 268 g/mol. The van der Waals surface area contributed by atoms with E-state index in [9.17, 15) is 0 Å². The quantitative estimate of drug-likeness (QED) is 0.816. The molecule has 0 spiro atoms. The molecule has 2 rings (SSSR count). The minimum atomic E-state index is 0.137. The van der Waals surface area contributed by atoms with Gasteiger partial charge in [0.2, 0.25) is 0 Å². The van der Waals surface area contributed by atoms with Gasteiger partial charge in [0, 0.05) is 16.1 Å². The van der Waals surface area contributed by atoms with Gasteiger partial charge in [0.15, 0.2) is 0 Å². The fraction of sp³-hybridized carbons (Fsp3) is 0.538. The Hall–Kier alpha value is -0.340. The first-order valence-electron chi connectivity index (χ1n) is 5.64. The molecule has 1 aromatic carbocycles. The van der Waals surface area contributed by atoms with Crippen LogP contribution in [0.25, 0.3) is 0 Å². The van der Waals surface area contributed by atoms with Gasteiger partial charge in [-0.2, -0.15) is 0 Å². The first kappa shape index (κ1) is 11.2. The van der Waals surface area contributed by atoms with Gasteiger partial charge in [0.25, 0.3) is 0 Å². The van der Waals surface area contributed by atoms with Gasteiger partial charge in [0.05, 0.1) is 0 Å². The monoisotopic (exact) mass is 267 g/mol. The lowest BCUT2D eigenvalue weighted by Gasteiger charge is -2.39. The van der Waals surface area contributed by atoms with E-state index < -0.39 is 0 Å². The van der Waals surface area contributed by atoms with E-state index in [1.165, 1.54) is 29.3 Å². The Morgan fingerprint density at radius 1 is 1.40 bits per heavy atom. The summed E-state index contributed by atoms with van der Waals surface area (Å²) in [7, 11) is 0. The van der Waals surface area contributed by atoms with E-state index in [4.69, 9.17) is 0 Å². The fourth-order valence-corrected chi connectivity index (χ4v) is 3.29. The standard InChI is InChI=1S/C13H18BrN/c1-10-6-5-9-13(2,15-10)11-7-3-4-8-12(11)14/h3-4,7-8,10,15H,5-6,9H2,1-2H3. The summed E-state index contributed by atoms with van der Waals surface area (Å²) in [5.74, 6) is 0. The predicted molar refractivity (Wildman–Crippen MR) is 67.9 cm³/mol. The van der Waals surface area contributed by atoms with Crippen LogP contribution < -0.4 is 5.32 Å². The van der Waals surface area contributed by atoms with Crippen molar-refractivity contribution in [2.45, 2.75) is 44.7 Å². The van der Waals surface area contributed by atoms with Crippen LogP contribution in [0.4, 0.5) is 0 Å². The van der Waals surface area contributed by atoms with Crippen LogP contribution in [0, 0.1) is 0 Å². The number of hydrogen-bond acceptors (Lipinski definition) is 1. The van der Waals surface area contributed by atoms with Gasteiger partial charge in [-0.25, -0.2) is 0 Å². The molecule has 15 heavy (non-hydrogen) atoms. The normalized spacial score (nSPS) is 31.5. The van der Waals surface area contributed by atoms with E-state index in [-0.39, 0.29) is 5.54 Å². The van der Waals surface area contributed by atoms with Gasteiger partial charge in [-0.1, -0.05) is 34.1 Å². The zero-order chi connectivity index (χ0) is 10.9. The second-order valence-electron chi connectivity index (χ2n) is 4.75. The molecule has 0 amide bonds. The van der Waals surface area contributed by atoms with Crippen LogP contribution in [0.2, 0.25) is 0 Å². The molecule has 0 radical (unpaired) electrons. The van der Waals surface area contributed by atoms with Gasteiger partial charge in [-0.3, -0.25) is 0 Å². The molecule has 0 bridgehead atoms. The number of hydrogen-bond donors (Lipinski definition) is 1. The highest BCUT2D eigenvalue weighted by Crippen LogP contribution is 2.35. The summed E-state index contributed by atoms with van der Waals surface area (Å²) in [6, 6.07) is 9.16. The van der Waals surface area contributed by atoms with Crippen LogP contribution >= 0.6 is 15.9 Å². The Morgan fingerprint density at radius 2 is 2.13 bits per heavy atom. The minimum absolute atomic E-state index is 0.137. The molecule has 82 valence electrons. The first-order valence-corrected chi connectivity index (χ1v) is 6.44. The van der Waals surface area contributed by atoms with Gasteiger partial charge < -0.3 is 5.32 Å². The summed E-state index contributed by atoms with van der Waals surface area (Å²) in [6.07, 6.45) is 3.83. The molecular weight excluding hydrogens is 250 g/mol. The summed E-state index contributed by atoms with van der Waals surface area (Å²) < 4.78 is 1.22. The number of rotatable bonds is 1. The van der Waals surface area contributed by atoms with Gasteiger partial charge in [0.1, 0.15) is 0 Å². The lowest BCUT2D eigenvalue weighted by atomic mass is 9.82. The van der Waals surface area contributed by atoms with E-state index in [2.05, 4.69) is 59.4 Å². The van der Waals surface area contributed by atoms with Crippen molar-refractivity contribution in [2.24, 2.45) is 0 Å². The SMILES string of the molecule is CC1CCCC(C)(c2ccccc2Br)N1. The molecule has 2 unspecified atom stereocenters. The minimum Gasteiger partial charge on any atom is -0.305 e. The third-order valence-electron chi connectivity index (χ3n) is 3.35. The molecule has 1 heterocycles. The molecule has 0 aromatic heterocycles. The smallest absolute Gasteiger partial charge is 0.0419 e. The molecule has 1 nitrogen and oxygen atoms in total. The number of nitrogens with one attached hydrogen (secondary N) is 1. The molecule has 1 aliphatic heterocycles. The molecule has 0 aliphatic carbocycles. The molecular formula is C13H18BrN. The molecule has 2 atom stereocenters. The predicted octanol–water partition coefficient (Wildman–Crippen LogP) is 3.83. The Labute approximate surface area is 100 Å². The number of benzene rings is 1. The zero-order valence-electron chi connectivity index (χ0n) is 9.39. The van der Waals surface area contributed by atoms with Crippen molar-refractivity contribution < 1.29 is 0 Å². The van der Waals surface area contributed by atoms with Crippen molar-refractivity contribution >= 4 is 15.9 Å². The van der Waals surface area contributed by atoms with Gasteiger partial charge >= 0.3 is 0 Å². The van der Waals surface area contributed by atoms with E-state index in [0.717, 1.165) is 0 Å². The largest absolute Gasteiger partial charge is 0.305 e.